The molecule has 0 bridgehead atoms. The van der Waals surface area contributed by atoms with Crippen molar-refractivity contribution in [2.24, 2.45) is 0 Å². The normalized spacial score (nSPS) is 10.6. The Hall–Kier alpha value is -2.24. The minimum atomic E-state index is -0.433. The molecule has 108 valence electrons. The van der Waals surface area contributed by atoms with E-state index in [1.54, 1.807) is 23.0 Å². The number of anilines is 1. The molecule has 0 radical (unpaired) electrons. The van der Waals surface area contributed by atoms with E-state index in [9.17, 15) is 9.50 Å². The van der Waals surface area contributed by atoms with Crippen LogP contribution >= 0.6 is 0 Å². The van der Waals surface area contributed by atoms with E-state index in [0.29, 0.717) is 12.3 Å². The second-order valence-corrected chi connectivity index (χ2v) is 4.42. The van der Waals surface area contributed by atoms with Gasteiger partial charge in [-0.1, -0.05) is 6.07 Å². The lowest BCUT2D eigenvalue weighted by Crippen LogP contribution is -2.05. The monoisotopic (exact) mass is 279 g/mol. The number of aromatic nitrogens is 2. The summed E-state index contributed by atoms with van der Waals surface area (Å²) in [6, 6.07) is 5.17. The van der Waals surface area contributed by atoms with Crippen molar-refractivity contribution in [3.05, 3.63) is 35.7 Å². The summed E-state index contributed by atoms with van der Waals surface area (Å²) >= 11 is 0. The maximum atomic E-state index is 12.3. The molecule has 2 aromatic rings. The SMILES string of the molecule is COc1cc(CNc2cnn(CCF)c2C)ccc1O. The van der Waals surface area contributed by atoms with Crippen molar-refractivity contribution in [2.75, 3.05) is 19.1 Å². The zero-order chi connectivity index (χ0) is 14.5. The summed E-state index contributed by atoms with van der Waals surface area (Å²) in [5, 5.41) is 16.9. The fourth-order valence-corrected chi connectivity index (χ4v) is 1.95. The number of phenolic OH excluding ortho intramolecular Hbond substituents is 1. The maximum Gasteiger partial charge on any atom is 0.160 e. The van der Waals surface area contributed by atoms with Gasteiger partial charge in [0.2, 0.25) is 0 Å². The van der Waals surface area contributed by atoms with Crippen LogP contribution in [0.3, 0.4) is 0 Å². The first kappa shape index (κ1) is 14.2. The molecular weight excluding hydrogens is 261 g/mol. The molecule has 0 spiro atoms. The molecule has 0 amide bonds. The molecule has 0 aliphatic heterocycles. The zero-order valence-corrected chi connectivity index (χ0v) is 11.6. The Balaban J connectivity index is 2.05. The Bertz CT molecular complexity index is 584. The minimum absolute atomic E-state index is 0.114. The van der Waals surface area contributed by atoms with Crippen LogP contribution < -0.4 is 10.1 Å². The van der Waals surface area contributed by atoms with Gasteiger partial charge in [-0.05, 0) is 24.6 Å². The van der Waals surface area contributed by atoms with E-state index in [1.165, 1.54) is 7.11 Å². The number of hydrogen-bond donors (Lipinski definition) is 2. The van der Waals surface area contributed by atoms with Gasteiger partial charge in [0, 0.05) is 6.54 Å². The number of alkyl halides is 1. The Morgan fingerprint density at radius 3 is 2.95 bits per heavy atom. The van der Waals surface area contributed by atoms with Crippen molar-refractivity contribution in [2.45, 2.75) is 20.0 Å². The molecule has 5 nitrogen and oxygen atoms in total. The number of nitrogens with one attached hydrogen (secondary N) is 1. The van der Waals surface area contributed by atoms with Gasteiger partial charge in [0.25, 0.3) is 0 Å². The molecule has 1 heterocycles. The predicted octanol–water partition coefficient (Wildman–Crippen LogP) is 2.49. The van der Waals surface area contributed by atoms with Crippen LogP contribution in [0.15, 0.2) is 24.4 Å². The Kier molecular flexibility index (Phi) is 4.45. The molecule has 2 rings (SSSR count). The summed E-state index contributed by atoms with van der Waals surface area (Å²) < 4.78 is 19.0. The lowest BCUT2D eigenvalue weighted by atomic mass is 10.2. The standard InChI is InChI=1S/C14H18FN3O2/c1-10-12(9-17-18(10)6-5-15)16-8-11-3-4-13(19)14(7-11)20-2/h3-4,7,9,16,19H,5-6,8H2,1-2H3. The van der Waals surface area contributed by atoms with Gasteiger partial charge in [-0.3, -0.25) is 4.68 Å². The van der Waals surface area contributed by atoms with Crippen LogP contribution in [0.25, 0.3) is 0 Å². The number of rotatable bonds is 6. The summed E-state index contributed by atoms with van der Waals surface area (Å²) in [6.45, 7) is 2.29. The third kappa shape index (κ3) is 3.01. The van der Waals surface area contributed by atoms with E-state index in [4.69, 9.17) is 4.74 Å². The summed E-state index contributed by atoms with van der Waals surface area (Å²) in [5.41, 5.74) is 2.73. The van der Waals surface area contributed by atoms with E-state index in [-0.39, 0.29) is 12.3 Å². The topological polar surface area (TPSA) is 59.3 Å². The van der Waals surface area contributed by atoms with E-state index in [1.807, 2.05) is 13.0 Å². The first-order valence-corrected chi connectivity index (χ1v) is 6.34. The molecular formula is C14H18FN3O2. The van der Waals surface area contributed by atoms with E-state index in [2.05, 4.69) is 10.4 Å². The second kappa shape index (κ2) is 6.27. The molecule has 0 unspecified atom stereocenters. The second-order valence-electron chi connectivity index (χ2n) is 4.42. The van der Waals surface area contributed by atoms with Crippen molar-refractivity contribution in [1.82, 2.24) is 9.78 Å². The van der Waals surface area contributed by atoms with Gasteiger partial charge in [0.1, 0.15) is 6.67 Å². The van der Waals surface area contributed by atoms with Crippen LogP contribution in [0.5, 0.6) is 11.5 Å². The van der Waals surface area contributed by atoms with Crippen LogP contribution in [0.1, 0.15) is 11.3 Å². The van der Waals surface area contributed by atoms with Crippen molar-refractivity contribution >= 4 is 5.69 Å². The lowest BCUT2D eigenvalue weighted by molar-refractivity contribution is 0.373. The molecule has 0 aliphatic carbocycles. The molecule has 1 aromatic carbocycles. The molecule has 0 saturated carbocycles. The number of benzene rings is 1. The third-order valence-electron chi connectivity index (χ3n) is 3.13. The van der Waals surface area contributed by atoms with Gasteiger partial charge in [0.05, 0.1) is 31.2 Å². The first-order chi connectivity index (χ1) is 9.65. The van der Waals surface area contributed by atoms with Gasteiger partial charge >= 0.3 is 0 Å². The molecule has 0 saturated heterocycles. The smallest absolute Gasteiger partial charge is 0.160 e. The lowest BCUT2D eigenvalue weighted by Gasteiger charge is -2.09. The zero-order valence-electron chi connectivity index (χ0n) is 11.6. The molecule has 0 atom stereocenters. The number of ether oxygens (including phenoxy) is 1. The quantitative estimate of drug-likeness (QED) is 0.853. The number of halogens is 1. The summed E-state index contributed by atoms with van der Waals surface area (Å²) in [6.07, 6.45) is 1.68. The number of hydrogen-bond acceptors (Lipinski definition) is 4. The Morgan fingerprint density at radius 2 is 2.25 bits per heavy atom. The van der Waals surface area contributed by atoms with Crippen molar-refractivity contribution in [1.29, 1.82) is 0 Å². The number of nitrogens with zero attached hydrogens (tertiary/aromatic N) is 2. The summed E-state index contributed by atoms with van der Waals surface area (Å²) in [5.74, 6) is 0.553. The van der Waals surface area contributed by atoms with Crippen LogP contribution in [0.2, 0.25) is 0 Å². The van der Waals surface area contributed by atoms with Crippen LogP contribution in [-0.4, -0.2) is 28.7 Å². The average molecular weight is 279 g/mol. The van der Waals surface area contributed by atoms with E-state index >= 15 is 0 Å². The van der Waals surface area contributed by atoms with Gasteiger partial charge < -0.3 is 15.2 Å². The minimum Gasteiger partial charge on any atom is -0.504 e. The Morgan fingerprint density at radius 1 is 1.45 bits per heavy atom. The highest BCUT2D eigenvalue weighted by Gasteiger charge is 2.07. The van der Waals surface area contributed by atoms with Crippen LogP contribution in [0.4, 0.5) is 10.1 Å². The molecule has 2 N–H and O–H groups in total. The van der Waals surface area contributed by atoms with Crippen LogP contribution in [0, 0.1) is 6.92 Å². The molecule has 20 heavy (non-hydrogen) atoms. The van der Waals surface area contributed by atoms with E-state index < -0.39 is 6.67 Å². The van der Waals surface area contributed by atoms with E-state index in [0.717, 1.165) is 16.9 Å². The van der Waals surface area contributed by atoms with Gasteiger partial charge in [-0.25, -0.2) is 4.39 Å². The number of methoxy groups -OCH3 is 1. The fourth-order valence-electron chi connectivity index (χ4n) is 1.95. The maximum absolute atomic E-state index is 12.3. The third-order valence-corrected chi connectivity index (χ3v) is 3.13. The number of aromatic hydroxyl groups is 1. The number of aryl methyl sites for hydroxylation is 1. The molecule has 0 fully saturated rings. The predicted molar refractivity (Wildman–Crippen MR) is 74.9 cm³/mol. The molecule has 0 aliphatic rings. The van der Waals surface area contributed by atoms with Gasteiger partial charge in [0.15, 0.2) is 11.5 Å². The van der Waals surface area contributed by atoms with Gasteiger partial charge in [-0.2, -0.15) is 5.10 Å². The summed E-state index contributed by atoms with van der Waals surface area (Å²) in [7, 11) is 1.51. The van der Waals surface area contributed by atoms with Crippen molar-refractivity contribution in [3.8, 4) is 11.5 Å². The molecule has 1 aromatic heterocycles. The van der Waals surface area contributed by atoms with Crippen molar-refractivity contribution in [3.63, 3.8) is 0 Å². The fraction of sp³-hybridized carbons (Fsp3) is 0.357. The first-order valence-electron chi connectivity index (χ1n) is 6.34. The molecule has 6 heteroatoms. The Labute approximate surface area is 117 Å². The van der Waals surface area contributed by atoms with Crippen molar-refractivity contribution < 1.29 is 14.2 Å². The van der Waals surface area contributed by atoms with Gasteiger partial charge in [-0.15, -0.1) is 0 Å². The number of phenols is 1. The highest BCUT2D eigenvalue weighted by atomic mass is 19.1. The highest BCUT2D eigenvalue weighted by Crippen LogP contribution is 2.26. The van der Waals surface area contributed by atoms with Crippen LogP contribution in [-0.2, 0) is 13.1 Å². The highest BCUT2D eigenvalue weighted by molar-refractivity contribution is 5.48. The average Bonchev–Trinajstić information content (AvgIpc) is 2.80. The summed E-state index contributed by atoms with van der Waals surface area (Å²) in [4.78, 5) is 0. The largest absolute Gasteiger partial charge is 0.504 e.